The van der Waals surface area contributed by atoms with Crippen LogP contribution >= 0.6 is 0 Å². The molecule has 1 saturated heterocycles. The largest absolute Gasteiger partial charge is 0.505 e. The van der Waals surface area contributed by atoms with Gasteiger partial charge in [-0.1, -0.05) is 6.42 Å². The third-order valence-electron chi connectivity index (χ3n) is 2.62. The van der Waals surface area contributed by atoms with E-state index < -0.39 is 0 Å². The number of rotatable bonds is 2. The monoisotopic (exact) mass is 221 g/mol. The number of carbonyl (C=O) groups is 1. The highest BCUT2D eigenvalue weighted by Crippen LogP contribution is 2.13. The number of nitrogens with zero attached hydrogens (tertiary/aromatic N) is 2. The number of carbonyl (C=O) groups excluding carboxylic acids is 1. The van der Waals surface area contributed by atoms with Crippen LogP contribution in [0.3, 0.4) is 0 Å². The van der Waals surface area contributed by atoms with E-state index in [1.165, 1.54) is 18.7 Å². The lowest BCUT2D eigenvalue weighted by Gasteiger charge is -2.26. The lowest BCUT2D eigenvalue weighted by molar-refractivity contribution is 0.0742. The van der Waals surface area contributed by atoms with Crippen LogP contribution < -0.4 is 5.43 Å². The summed E-state index contributed by atoms with van der Waals surface area (Å²) in [5.74, 6) is -0.433. The lowest BCUT2D eigenvalue weighted by Crippen LogP contribution is -2.45. The van der Waals surface area contributed by atoms with Gasteiger partial charge < -0.3 is 5.11 Å². The minimum atomic E-state index is -0.347. The average molecular weight is 221 g/mol. The third-order valence-corrected chi connectivity index (χ3v) is 2.62. The van der Waals surface area contributed by atoms with E-state index in [4.69, 9.17) is 0 Å². The van der Waals surface area contributed by atoms with Crippen LogP contribution in [0.4, 0.5) is 0 Å². The Morgan fingerprint density at radius 2 is 2.12 bits per heavy atom. The van der Waals surface area contributed by atoms with Crippen LogP contribution in [0.15, 0.2) is 18.3 Å². The minimum Gasteiger partial charge on any atom is -0.505 e. The lowest BCUT2D eigenvalue weighted by atomic mass is 10.2. The number of pyridine rings is 1. The molecule has 1 aromatic rings. The molecule has 2 N–H and O–H groups in total. The second-order valence-corrected chi connectivity index (χ2v) is 3.86. The number of hydrogen-bond donors (Lipinski definition) is 2. The topological polar surface area (TPSA) is 65.5 Å². The Morgan fingerprint density at radius 3 is 2.81 bits per heavy atom. The zero-order valence-electron chi connectivity index (χ0n) is 9.02. The molecule has 1 fully saturated rings. The summed E-state index contributed by atoms with van der Waals surface area (Å²) in [6, 6.07) is 3.05. The summed E-state index contributed by atoms with van der Waals surface area (Å²) in [5.41, 5.74) is 2.82. The van der Waals surface area contributed by atoms with E-state index in [1.54, 1.807) is 6.07 Å². The molecule has 1 aromatic heterocycles. The first kappa shape index (κ1) is 10.9. The van der Waals surface area contributed by atoms with E-state index in [0.29, 0.717) is 0 Å². The normalized spacial score (nSPS) is 17.0. The molecular weight excluding hydrogens is 206 g/mol. The van der Waals surface area contributed by atoms with Gasteiger partial charge in [0.1, 0.15) is 5.75 Å². The predicted molar refractivity (Wildman–Crippen MR) is 58.8 cm³/mol. The number of nitrogens with one attached hydrogen (secondary N) is 1. The average Bonchev–Trinajstić information content (AvgIpc) is 2.31. The first-order chi connectivity index (χ1) is 7.77. The fourth-order valence-electron chi connectivity index (χ4n) is 1.77. The van der Waals surface area contributed by atoms with Crippen LogP contribution in [0, 0.1) is 0 Å². The Kier molecular flexibility index (Phi) is 3.36. The van der Waals surface area contributed by atoms with Crippen molar-refractivity contribution in [1.29, 1.82) is 0 Å². The molecule has 0 radical (unpaired) electrons. The smallest absolute Gasteiger partial charge is 0.288 e. The Hall–Kier alpha value is -1.62. The van der Waals surface area contributed by atoms with Crippen molar-refractivity contribution in [3.8, 4) is 5.75 Å². The van der Waals surface area contributed by atoms with Gasteiger partial charge in [0.05, 0.1) is 0 Å². The fourth-order valence-corrected chi connectivity index (χ4v) is 1.77. The van der Waals surface area contributed by atoms with Crippen LogP contribution in [0.1, 0.15) is 29.8 Å². The summed E-state index contributed by atoms with van der Waals surface area (Å²) in [6.45, 7) is 1.72. The molecule has 0 unspecified atom stereocenters. The minimum absolute atomic E-state index is 0.0769. The van der Waals surface area contributed by atoms with Crippen molar-refractivity contribution in [2.24, 2.45) is 0 Å². The number of aromatic hydroxyl groups is 1. The molecule has 1 aliphatic heterocycles. The highest BCUT2D eigenvalue weighted by atomic mass is 16.3. The fraction of sp³-hybridized carbons (Fsp3) is 0.455. The van der Waals surface area contributed by atoms with E-state index in [2.05, 4.69) is 10.4 Å². The van der Waals surface area contributed by atoms with E-state index in [9.17, 15) is 9.90 Å². The van der Waals surface area contributed by atoms with E-state index >= 15 is 0 Å². The van der Waals surface area contributed by atoms with Gasteiger partial charge in [0.2, 0.25) is 0 Å². The van der Waals surface area contributed by atoms with Gasteiger partial charge in [-0.25, -0.2) is 9.99 Å². The van der Waals surface area contributed by atoms with Crippen LogP contribution in [0.5, 0.6) is 5.75 Å². The Bertz CT molecular complexity index is 375. The van der Waals surface area contributed by atoms with Gasteiger partial charge in [-0.2, -0.15) is 0 Å². The number of piperidine rings is 1. The summed E-state index contributed by atoms with van der Waals surface area (Å²) in [4.78, 5) is 15.6. The molecule has 5 heteroatoms. The van der Waals surface area contributed by atoms with Crippen LogP contribution in [0.25, 0.3) is 0 Å². The van der Waals surface area contributed by atoms with Gasteiger partial charge in [0.15, 0.2) is 5.69 Å². The molecule has 0 aromatic carbocycles. The Labute approximate surface area is 94.1 Å². The van der Waals surface area contributed by atoms with E-state index in [-0.39, 0.29) is 17.4 Å². The highest BCUT2D eigenvalue weighted by molar-refractivity contribution is 5.94. The van der Waals surface area contributed by atoms with Crippen molar-refractivity contribution < 1.29 is 9.90 Å². The maximum Gasteiger partial charge on any atom is 0.288 e. The molecule has 1 aliphatic rings. The number of amides is 1. The molecular formula is C11H15N3O2. The molecule has 5 nitrogen and oxygen atoms in total. The van der Waals surface area contributed by atoms with Gasteiger partial charge in [0.25, 0.3) is 5.91 Å². The summed E-state index contributed by atoms with van der Waals surface area (Å²) >= 11 is 0. The molecule has 2 heterocycles. The van der Waals surface area contributed by atoms with Gasteiger partial charge in [-0.3, -0.25) is 10.2 Å². The van der Waals surface area contributed by atoms with Gasteiger partial charge in [-0.05, 0) is 25.0 Å². The third kappa shape index (κ3) is 2.49. The second kappa shape index (κ2) is 4.94. The molecule has 1 amide bonds. The van der Waals surface area contributed by atoms with Crippen molar-refractivity contribution in [3.63, 3.8) is 0 Å². The molecule has 0 atom stereocenters. The molecule has 0 spiro atoms. The summed E-state index contributed by atoms with van der Waals surface area (Å²) in [7, 11) is 0. The van der Waals surface area contributed by atoms with Gasteiger partial charge >= 0.3 is 0 Å². The number of aromatic nitrogens is 1. The predicted octanol–water partition coefficient (Wildman–Crippen LogP) is 0.918. The molecule has 0 bridgehead atoms. The number of hydrogen-bond acceptors (Lipinski definition) is 4. The molecule has 0 saturated carbocycles. The van der Waals surface area contributed by atoms with Crippen molar-refractivity contribution >= 4 is 5.91 Å². The zero-order valence-corrected chi connectivity index (χ0v) is 9.02. The van der Waals surface area contributed by atoms with E-state index in [0.717, 1.165) is 25.9 Å². The van der Waals surface area contributed by atoms with E-state index in [1.807, 2.05) is 5.01 Å². The standard InChI is InChI=1S/C11H15N3O2/c15-9-5-4-6-12-10(9)11(16)13-14-7-2-1-3-8-14/h4-6,15H,1-3,7-8H2,(H,13,16). The molecule has 0 aliphatic carbocycles. The van der Waals surface area contributed by atoms with Crippen LogP contribution in [-0.2, 0) is 0 Å². The highest BCUT2D eigenvalue weighted by Gasteiger charge is 2.17. The Morgan fingerprint density at radius 1 is 1.38 bits per heavy atom. The van der Waals surface area contributed by atoms with Crippen LogP contribution in [-0.4, -0.2) is 34.1 Å². The number of hydrazine groups is 1. The Balaban J connectivity index is 2.00. The first-order valence-corrected chi connectivity index (χ1v) is 5.47. The molecule has 16 heavy (non-hydrogen) atoms. The molecule has 2 rings (SSSR count). The maximum atomic E-state index is 11.8. The summed E-state index contributed by atoms with van der Waals surface area (Å²) < 4.78 is 0. The van der Waals surface area contributed by atoms with Crippen molar-refractivity contribution in [2.75, 3.05) is 13.1 Å². The summed E-state index contributed by atoms with van der Waals surface area (Å²) in [6.07, 6.45) is 4.88. The van der Waals surface area contributed by atoms with Crippen molar-refractivity contribution in [3.05, 3.63) is 24.0 Å². The zero-order chi connectivity index (χ0) is 11.4. The quantitative estimate of drug-likeness (QED) is 0.779. The second-order valence-electron chi connectivity index (χ2n) is 3.86. The van der Waals surface area contributed by atoms with Gasteiger partial charge in [0, 0.05) is 19.3 Å². The van der Waals surface area contributed by atoms with Crippen molar-refractivity contribution in [1.82, 2.24) is 15.4 Å². The SMILES string of the molecule is O=C(NN1CCCCC1)c1ncccc1O. The van der Waals surface area contributed by atoms with Gasteiger partial charge in [-0.15, -0.1) is 0 Å². The van der Waals surface area contributed by atoms with Crippen molar-refractivity contribution in [2.45, 2.75) is 19.3 Å². The summed E-state index contributed by atoms with van der Waals surface area (Å²) in [5, 5.41) is 11.3. The molecule has 86 valence electrons. The first-order valence-electron chi connectivity index (χ1n) is 5.47. The maximum absolute atomic E-state index is 11.8. The van der Waals surface area contributed by atoms with Crippen LogP contribution in [0.2, 0.25) is 0 Å².